The van der Waals surface area contributed by atoms with Crippen LogP contribution < -0.4 is 0 Å². The summed E-state index contributed by atoms with van der Waals surface area (Å²) in [6.45, 7) is 0.177. The molecule has 0 aliphatic heterocycles. The van der Waals surface area contributed by atoms with Gasteiger partial charge < -0.3 is 20.1 Å². The van der Waals surface area contributed by atoms with E-state index >= 15 is 0 Å². The van der Waals surface area contributed by atoms with E-state index in [-0.39, 0.29) is 6.61 Å². The molecule has 5 nitrogen and oxygen atoms in total. The molecule has 0 aliphatic carbocycles. The number of unbranched alkanes of at least 4 members (excludes halogenated alkanes) is 2. The van der Waals surface area contributed by atoms with E-state index in [1.807, 2.05) is 0 Å². The Morgan fingerprint density at radius 1 is 1.25 bits per heavy atom. The fourth-order valence-electron chi connectivity index (χ4n) is 0.765. The van der Waals surface area contributed by atoms with Gasteiger partial charge in [0.1, 0.15) is 0 Å². The van der Waals surface area contributed by atoms with Gasteiger partial charge in [-0.25, -0.2) is 4.79 Å². The standard InChI is InChI=1S/C7H14O5/c8-6(9)4-2-1-3-5-12-7(10)11/h6,8-9H,1-5H2,(H,10,11). The number of aliphatic hydroxyl groups excluding tert-OH is 1. The van der Waals surface area contributed by atoms with Crippen LogP contribution in [0.2, 0.25) is 0 Å². The molecule has 0 aromatic rings. The van der Waals surface area contributed by atoms with Crippen LogP contribution in [0.1, 0.15) is 25.7 Å². The lowest BCUT2D eigenvalue weighted by Gasteiger charge is -2.02. The van der Waals surface area contributed by atoms with Crippen molar-refractivity contribution in [1.29, 1.82) is 0 Å². The van der Waals surface area contributed by atoms with Crippen molar-refractivity contribution in [3.05, 3.63) is 0 Å². The molecular weight excluding hydrogens is 164 g/mol. The van der Waals surface area contributed by atoms with E-state index in [9.17, 15) is 4.79 Å². The van der Waals surface area contributed by atoms with E-state index in [2.05, 4.69) is 4.74 Å². The van der Waals surface area contributed by atoms with Crippen molar-refractivity contribution in [3.8, 4) is 0 Å². The highest BCUT2D eigenvalue weighted by molar-refractivity contribution is 5.56. The number of hydrogen-bond acceptors (Lipinski definition) is 4. The summed E-state index contributed by atoms with van der Waals surface area (Å²) in [5.41, 5.74) is 0. The van der Waals surface area contributed by atoms with Gasteiger partial charge in [0.25, 0.3) is 0 Å². The SMILES string of the molecule is O=C(O)OCCCCCC(O)O. The molecule has 0 saturated carbocycles. The summed E-state index contributed by atoms with van der Waals surface area (Å²) in [5.74, 6) is 0. The van der Waals surface area contributed by atoms with Crippen molar-refractivity contribution >= 4 is 6.16 Å². The third-order valence-electron chi connectivity index (χ3n) is 1.33. The largest absolute Gasteiger partial charge is 0.505 e. The number of ether oxygens (including phenoxy) is 1. The molecule has 0 aromatic heterocycles. The van der Waals surface area contributed by atoms with Crippen molar-refractivity contribution < 1.29 is 24.9 Å². The fraction of sp³-hybridized carbons (Fsp3) is 0.857. The Hall–Kier alpha value is -0.810. The zero-order valence-electron chi connectivity index (χ0n) is 6.77. The highest BCUT2D eigenvalue weighted by Gasteiger charge is 1.98. The molecule has 0 rings (SSSR count). The lowest BCUT2D eigenvalue weighted by atomic mass is 10.2. The zero-order valence-corrected chi connectivity index (χ0v) is 6.77. The maximum Gasteiger partial charge on any atom is 0.505 e. The normalized spacial score (nSPS) is 10.2. The molecule has 0 bridgehead atoms. The van der Waals surface area contributed by atoms with Gasteiger partial charge in [-0.2, -0.15) is 0 Å². The fourth-order valence-corrected chi connectivity index (χ4v) is 0.765. The average Bonchev–Trinajstić information content (AvgIpc) is 1.95. The van der Waals surface area contributed by atoms with E-state index in [0.717, 1.165) is 6.42 Å². The minimum Gasteiger partial charge on any atom is -0.450 e. The van der Waals surface area contributed by atoms with E-state index in [0.29, 0.717) is 19.3 Å². The highest BCUT2D eigenvalue weighted by atomic mass is 16.7. The second-order valence-corrected chi connectivity index (χ2v) is 2.44. The Balaban J connectivity index is 2.96. The van der Waals surface area contributed by atoms with Gasteiger partial charge in [0.05, 0.1) is 6.61 Å². The molecule has 5 heteroatoms. The van der Waals surface area contributed by atoms with Crippen molar-refractivity contribution in [2.24, 2.45) is 0 Å². The van der Waals surface area contributed by atoms with Gasteiger partial charge in [-0.05, 0) is 25.7 Å². The highest BCUT2D eigenvalue weighted by Crippen LogP contribution is 2.01. The number of rotatable bonds is 6. The second-order valence-electron chi connectivity index (χ2n) is 2.44. The Morgan fingerprint density at radius 2 is 1.92 bits per heavy atom. The van der Waals surface area contributed by atoms with E-state index in [1.54, 1.807) is 0 Å². The van der Waals surface area contributed by atoms with Gasteiger partial charge in [-0.3, -0.25) is 0 Å². The Bertz CT molecular complexity index is 123. The monoisotopic (exact) mass is 178 g/mol. The molecule has 0 unspecified atom stereocenters. The molecule has 3 N–H and O–H groups in total. The molecule has 0 spiro atoms. The summed E-state index contributed by atoms with van der Waals surface area (Å²) >= 11 is 0. The van der Waals surface area contributed by atoms with Crippen LogP contribution in [0.25, 0.3) is 0 Å². The topological polar surface area (TPSA) is 87.0 Å². The Kier molecular flexibility index (Phi) is 6.41. The van der Waals surface area contributed by atoms with Gasteiger partial charge in [-0.1, -0.05) is 0 Å². The van der Waals surface area contributed by atoms with E-state index < -0.39 is 12.4 Å². The lowest BCUT2D eigenvalue weighted by molar-refractivity contribution is -0.0468. The summed E-state index contributed by atoms with van der Waals surface area (Å²) in [4.78, 5) is 9.84. The molecule has 0 atom stereocenters. The maximum atomic E-state index is 9.84. The summed E-state index contributed by atoms with van der Waals surface area (Å²) in [6, 6.07) is 0. The van der Waals surface area contributed by atoms with Crippen LogP contribution >= 0.6 is 0 Å². The van der Waals surface area contributed by atoms with Crippen molar-refractivity contribution in [1.82, 2.24) is 0 Å². The predicted molar refractivity (Wildman–Crippen MR) is 40.7 cm³/mol. The van der Waals surface area contributed by atoms with Crippen LogP contribution in [-0.4, -0.2) is 34.4 Å². The van der Waals surface area contributed by atoms with Crippen LogP contribution in [0.5, 0.6) is 0 Å². The van der Waals surface area contributed by atoms with Crippen molar-refractivity contribution in [2.75, 3.05) is 6.61 Å². The second kappa shape index (κ2) is 6.87. The number of aliphatic hydroxyl groups is 2. The first kappa shape index (κ1) is 11.2. The minimum absolute atomic E-state index is 0.177. The first-order valence-corrected chi connectivity index (χ1v) is 3.85. The van der Waals surface area contributed by atoms with Gasteiger partial charge in [0, 0.05) is 0 Å². The third-order valence-corrected chi connectivity index (χ3v) is 1.33. The lowest BCUT2D eigenvalue weighted by Crippen LogP contribution is -2.04. The molecule has 0 aromatic carbocycles. The summed E-state index contributed by atoms with van der Waals surface area (Å²) in [7, 11) is 0. The maximum absolute atomic E-state index is 9.84. The van der Waals surface area contributed by atoms with Gasteiger partial charge in [0.15, 0.2) is 6.29 Å². The number of carboxylic acid groups (broad SMARTS) is 1. The average molecular weight is 178 g/mol. The van der Waals surface area contributed by atoms with Crippen molar-refractivity contribution in [2.45, 2.75) is 32.0 Å². The molecule has 0 aliphatic rings. The predicted octanol–water partition coefficient (Wildman–Crippen LogP) is 0.552. The molecule has 0 amide bonds. The minimum atomic E-state index is -1.27. The van der Waals surface area contributed by atoms with E-state index in [1.165, 1.54) is 0 Å². The Morgan fingerprint density at radius 3 is 2.42 bits per heavy atom. The number of carbonyl (C=O) groups is 1. The molecule has 72 valence electrons. The molecular formula is C7H14O5. The quantitative estimate of drug-likeness (QED) is 0.314. The first-order chi connectivity index (χ1) is 5.63. The van der Waals surface area contributed by atoms with Gasteiger partial charge in [0.2, 0.25) is 0 Å². The van der Waals surface area contributed by atoms with Gasteiger partial charge >= 0.3 is 6.16 Å². The van der Waals surface area contributed by atoms with Crippen LogP contribution in [-0.2, 0) is 4.74 Å². The molecule has 0 heterocycles. The van der Waals surface area contributed by atoms with Crippen LogP contribution in [0.3, 0.4) is 0 Å². The van der Waals surface area contributed by atoms with Crippen LogP contribution in [0.15, 0.2) is 0 Å². The zero-order chi connectivity index (χ0) is 9.40. The molecule has 0 fully saturated rings. The van der Waals surface area contributed by atoms with Gasteiger partial charge in [-0.15, -0.1) is 0 Å². The van der Waals surface area contributed by atoms with Crippen molar-refractivity contribution in [3.63, 3.8) is 0 Å². The third kappa shape index (κ3) is 9.19. The van der Waals surface area contributed by atoms with E-state index in [4.69, 9.17) is 15.3 Å². The molecule has 0 saturated heterocycles. The molecule has 0 radical (unpaired) electrons. The first-order valence-electron chi connectivity index (χ1n) is 3.85. The Labute approximate surface area is 70.6 Å². The van der Waals surface area contributed by atoms with Crippen LogP contribution in [0, 0.1) is 0 Å². The summed E-state index contributed by atoms with van der Waals surface area (Å²) in [6.07, 6.45) is -0.167. The molecule has 12 heavy (non-hydrogen) atoms. The number of hydrogen-bond donors (Lipinski definition) is 3. The summed E-state index contributed by atoms with van der Waals surface area (Å²) in [5, 5.41) is 24.9. The van der Waals surface area contributed by atoms with Crippen LogP contribution in [0.4, 0.5) is 4.79 Å². The smallest absolute Gasteiger partial charge is 0.450 e. The summed E-state index contributed by atoms with van der Waals surface area (Å²) < 4.78 is 4.24.